The first kappa shape index (κ1) is 23.6. The number of ketones is 2. The molecule has 1 amide bonds. The summed E-state index contributed by atoms with van der Waals surface area (Å²) in [6, 6.07) is 0.268. The fourth-order valence-corrected chi connectivity index (χ4v) is 5.63. The zero-order valence-electron chi connectivity index (χ0n) is 18.9. The number of ether oxygens (including phenoxy) is 1. The van der Waals surface area contributed by atoms with Gasteiger partial charge in [0.25, 0.3) is 0 Å². The van der Waals surface area contributed by atoms with E-state index in [0.29, 0.717) is 35.6 Å². The van der Waals surface area contributed by atoms with Crippen molar-refractivity contribution in [3.63, 3.8) is 0 Å². The zero-order chi connectivity index (χ0) is 23.9. The number of Topliss-reactive ketones (excluding diaryl/α,β-unsaturated/α-hetero) is 2. The first-order valence-electron chi connectivity index (χ1n) is 11.2. The van der Waals surface area contributed by atoms with Crippen molar-refractivity contribution >= 4 is 17.7 Å². The van der Waals surface area contributed by atoms with Gasteiger partial charge in [-0.15, -0.1) is 0 Å². The number of amides is 1. The van der Waals surface area contributed by atoms with Gasteiger partial charge < -0.3 is 41.5 Å². The molecule has 1 aliphatic carbocycles. The molecule has 0 spiro atoms. The summed E-state index contributed by atoms with van der Waals surface area (Å²) in [6.45, 7) is 7.42. The Labute approximate surface area is 191 Å². The maximum Gasteiger partial charge on any atom is 0.402 e. The molecule has 0 saturated carbocycles. The number of carbonyl (C=O) groups excluding carboxylic acids is 2. The minimum atomic E-state index is -1.33. The van der Waals surface area contributed by atoms with Crippen LogP contribution in [0, 0.1) is 5.92 Å². The minimum absolute atomic E-state index is 0.0280. The summed E-state index contributed by atoms with van der Waals surface area (Å²) >= 11 is 0. The van der Waals surface area contributed by atoms with Gasteiger partial charge in [0, 0.05) is 70.1 Å². The number of nitrogens with one attached hydrogen (secondary N) is 3. The average Bonchev–Trinajstić information content (AvgIpc) is 3.40. The van der Waals surface area contributed by atoms with E-state index in [1.54, 1.807) is 14.0 Å². The van der Waals surface area contributed by atoms with E-state index in [0.717, 1.165) is 32.7 Å². The number of hydrogen-bond donors (Lipinski definition) is 6. The number of fused-ring (bicyclic) bond motifs is 4. The molecule has 12 heteroatoms. The topological polar surface area (TPSA) is 179 Å². The highest BCUT2D eigenvalue weighted by Gasteiger charge is 2.72. The predicted octanol–water partition coefficient (Wildman–Crippen LogP) is -2.59. The smallest absolute Gasteiger partial charge is 0.402 e. The lowest BCUT2D eigenvalue weighted by Gasteiger charge is -2.39. The molecule has 5 aliphatic rings. The van der Waals surface area contributed by atoms with Crippen molar-refractivity contribution in [2.45, 2.75) is 24.7 Å². The van der Waals surface area contributed by atoms with E-state index in [1.807, 2.05) is 4.90 Å². The van der Waals surface area contributed by atoms with Crippen molar-refractivity contribution in [2.24, 2.45) is 11.7 Å². The van der Waals surface area contributed by atoms with E-state index in [9.17, 15) is 14.7 Å². The standard InChI is InChI=1S/C20H29N5O4.CH3NO2/c1-11-15(22-5-8-24-6-3-21-4-7-24)18(28)14-12(10-26)20(29-2)19-13(23-19)9-25(20)16(14)17(11)27;2-1(3)4/h12-13,19,21-23,26H,3-10H2,1-2H3;2H2,(H,3,4). The van der Waals surface area contributed by atoms with Crippen molar-refractivity contribution in [1.82, 2.24) is 25.8 Å². The monoisotopic (exact) mass is 464 g/mol. The number of aliphatic hydroxyl groups excluding tert-OH is 1. The summed E-state index contributed by atoms with van der Waals surface area (Å²) in [6.07, 6.45) is -1.33. The largest absolute Gasteiger partial charge is 0.465 e. The van der Waals surface area contributed by atoms with Gasteiger partial charge in [-0.2, -0.15) is 0 Å². The average molecular weight is 465 g/mol. The second kappa shape index (κ2) is 9.03. The number of nitrogens with two attached hydrogens (primary N) is 1. The van der Waals surface area contributed by atoms with Crippen LogP contribution >= 0.6 is 0 Å². The fraction of sp³-hybridized carbons (Fsp3) is 0.667. The van der Waals surface area contributed by atoms with Gasteiger partial charge in [-0.3, -0.25) is 14.5 Å². The van der Waals surface area contributed by atoms with E-state index in [2.05, 4.69) is 26.6 Å². The third-order valence-electron chi connectivity index (χ3n) is 7.16. The molecule has 4 unspecified atom stereocenters. The zero-order valence-corrected chi connectivity index (χ0v) is 18.9. The summed E-state index contributed by atoms with van der Waals surface area (Å²) in [5, 5.41) is 27.3. The van der Waals surface area contributed by atoms with Gasteiger partial charge in [0.05, 0.1) is 30.0 Å². The maximum absolute atomic E-state index is 13.5. The van der Waals surface area contributed by atoms with Gasteiger partial charge in [0.15, 0.2) is 5.72 Å². The number of carbonyl (C=O) groups is 3. The van der Waals surface area contributed by atoms with Crippen LogP contribution in [0.3, 0.4) is 0 Å². The molecule has 0 aromatic rings. The summed E-state index contributed by atoms with van der Waals surface area (Å²) in [5.74, 6) is -0.857. The Morgan fingerprint density at radius 2 is 1.97 bits per heavy atom. The van der Waals surface area contributed by atoms with Crippen LogP contribution in [0.1, 0.15) is 6.92 Å². The Balaban J connectivity index is 0.000000601. The minimum Gasteiger partial charge on any atom is -0.465 e. The van der Waals surface area contributed by atoms with Gasteiger partial charge in [-0.1, -0.05) is 0 Å². The van der Waals surface area contributed by atoms with Crippen molar-refractivity contribution in [2.75, 3.05) is 59.5 Å². The predicted molar refractivity (Wildman–Crippen MR) is 117 cm³/mol. The molecule has 0 radical (unpaired) electrons. The van der Waals surface area contributed by atoms with Crippen LogP contribution in [0.4, 0.5) is 4.79 Å². The first-order chi connectivity index (χ1) is 15.8. The number of carboxylic acid groups (broad SMARTS) is 1. The molecule has 33 heavy (non-hydrogen) atoms. The van der Waals surface area contributed by atoms with E-state index < -0.39 is 17.7 Å². The van der Waals surface area contributed by atoms with Gasteiger partial charge >= 0.3 is 6.09 Å². The Hall–Kier alpha value is -2.51. The van der Waals surface area contributed by atoms with Gasteiger partial charge in [0.2, 0.25) is 11.6 Å². The molecule has 4 atom stereocenters. The Morgan fingerprint density at radius 1 is 1.30 bits per heavy atom. The molecule has 182 valence electrons. The number of methoxy groups -OCH3 is 1. The van der Waals surface area contributed by atoms with Crippen LogP contribution in [0.5, 0.6) is 0 Å². The van der Waals surface area contributed by atoms with Crippen molar-refractivity contribution in [1.29, 1.82) is 0 Å². The molecule has 12 nitrogen and oxygen atoms in total. The molecule has 4 aliphatic heterocycles. The second-order valence-electron chi connectivity index (χ2n) is 8.83. The lowest BCUT2D eigenvalue weighted by molar-refractivity contribution is -0.137. The number of nitrogens with zero attached hydrogens (tertiary/aromatic N) is 2. The highest BCUT2D eigenvalue weighted by atomic mass is 16.5. The maximum atomic E-state index is 13.5. The number of hydrogen-bond acceptors (Lipinski definition) is 10. The molecular formula is C21H32N6O6. The number of aliphatic hydroxyl groups is 1. The van der Waals surface area contributed by atoms with E-state index in [-0.39, 0.29) is 30.3 Å². The third-order valence-corrected chi connectivity index (χ3v) is 7.16. The third kappa shape index (κ3) is 3.81. The van der Waals surface area contributed by atoms with Crippen LogP contribution in [0.15, 0.2) is 22.5 Å². The summed E-state index contributed by atoms with van der Waals surface area (Å²) in [4.78, 5) is 39.8. The van der Waals surface area contributed by atoms with Crippen LogP contribution in [-0.4, -0.2) is 115 Å². The van der Waals surface area contributed by atoms with Crippen LogP contribution in [0.25, 0.3) is 0 Å². The fourth-order valence-electron chi connectivity index (χ4n) is 5.63. The SMILES string of the molecule is COC12C(CO)C3=C(C(=O)C(C)=C(NCCN4CCNCC4)C3=O)N1CC1NC12.NC(=O)O. The molecule has 0 bridgehead atoms. The molecule has 3 fully saturated rings. The highest BCUT2D eigenvalue weighted by molar-refractivity contribution is 6.25. The van der Waals surface area contributed by atoms with Crippen molar-refractivity contribution in [3.8, 4) is 0 Å². The molecular weight excluding hydrogens is 432 g/mol. The number of primary amides is 1. The van der Waals surface area contributed by atoms with Crippen LogP contribution in [0.2, 0.25) is 0 Å². The normalized spacial score (nSPS) is 32.8. The van der Waals surface area contributed by atoms with E-state index >= 15 is 0 Å². The molecule has 4 heterocycles. The lowest BCUT2D eigenvalue weighted by atomic mass is 9.82. The Kier molecular flexibility index (Phi) is 6.47. The van der Waals surface area contributed by atoms with Crippen LogP contribution in [-0.2, 0) is 14.3 Å². The first-order valence-corrected chi connectivity index (χ1v) is 11.2. The molecule has 0 aromatic heterocycles. The summed E-state index contributed by atoms with van der Waals surface area (Å²) < 4.78 is 5.91. The van der Waals surface area contributed by atoms with Crippen LogP contribution < -0.4 is 21.7 Å². The van der Waals surface area contributed by atoms with Gasteiger partial charge in [-0.05, 0) is 6.92 Å². The Morgan fingerprint density at radius 3 is 2.58 bits per heavy atom. The summed E-state index contributed by atoms with van der Waals surface area (Å²) in [5.41, 5.74) is 4.82. The molecule has 0 aromatic carbocycles. The highest BCUT2D eigenvalue weighted by Crippen LogP contribution is 2.55. The Bertz CT molecular complexity index is 909. The lowest BCUT2D eigenvalue weighted by Crippen LogP contribution is -2.54. The van der Waals surface area contributed by atoms with Gasteiger partial charge in [-0.25, -0.2) is 4.79 Å². The second-order valence-corrected chi connectivity index (χ2v) is 8.83. The number of allylic oxidation sites excluding steroid dienone is 2. The van der Waals surface area contributed by atoms with Crippen molar-refractivity contribution < 1.29 is 29.3 Å². The molecule has 3 saturated heterocycles. The number of piperazine rings is 2. The number of rotatable bonds is 6. The van der Waals surface area contributed by atoms with E-state index in [1.165, 1.54) is 0 Å². The van der Waals surface area contributed by atoms with E-state index in [4.69, 9.17) is 14.6 Å². The molecule has 7 N–H and O–H groups in total. The summed E-state index contributed by atoms with van der Waals surface area (Å²) in [7, 11) is 1.60. The quantitative estimate of drug-likeness (QED) is 0.179. The molecule has 5 rings (SSSR count). The van der Waals surface area contributed by atoms with Gasteiger partial charge in [0.1, 0.15) is 0 Å². The van der Waals surface area contributed by atoms with Crippen molar-refractivity contribution in [3.05, 3.63) is 22.5 Å².